The van der Waals surface area contributed by atoms with Crippen LogP contribution in [0.1, 0.15) is 31.9 Å². The second kappa shape index (κ2) is 3.85. The maximum absolute atomic E-state index is 10.5. The van der Waals surface area contributed by atoms with Crippen LogP contribution in [0.5, 0.6) is 0 Å². The fourth-order valence-electron chi connectivity index (χ4n) is 2.55. The summed E-state index contributed by atoms with van der Waals surface area (Å²) in [5.41, 5.74) is 0.118. The Hall–Kier alpha value is -0.800. The number of rotatable bonds is 3. The molecule has 2 aromatic rings. The van der Waals surface area contributed by atoms with Crippen molar-refractivity contribution in [3.05, 3.63) is 34.5 Å². The van der Waals surface area contributed by atoms with Gasteiger partial charge in [-0.05, 0) is 46.8 Å². The summed E-state index contributed by atoms with van der Waals surface area (Å²) in [7, 11) is 0. The summed E-state index contributed by atoms with van der Waals surface area (Å²) in [5, 5.41) is 11.5. The summed E-state index contributed by atoms with van der Waals surface area (Å²) in [4.78, 5) is 0. The molecule has 2 unspecified atom stereocenters. The monoisotopic (exact) mass is 294 g/mol. The van der Waals surface area contributed by atoms with Crippen LogP contribution in [0, 0.1) is 5.92 Å². The highest BCUT2D eigenvalue weighted by Crippen LogP contribution is 2.55. The largest absolute Gasteiger partial charge is 0.457 e. The first-order valence-corrected chi connectivity index (χ1v) is 6.85. The molecular formula is C14H15BrO2. The van der Waals surface area contributed by atoms with E-state index in [0.717, 1.165) is 40.5 Å². The predicted octanol–water partition coefficient (Wildman–Crippen LogP) is 4.20. The number of para-hydroxylation sites is 1. The summed E-state index contributed by atoms with van der Waals surface area (Å²) in [6.45, 7) is 2.15. The molecule has 1 aromatic carbocycles. The van der Waals surface area contributed by atoms with Crippen LogP contribution in [0.3, 0.4) is 0 Å². The number of hydrogen-bond donors (Lipinski definition) is 1. The molecule has 2 nitrogen and oxygen atoms in total. The molecule has 1 aliphatic rings. The van der Waals surface area contributed by atoms with Gasteiger partial charge in [-0.15, -0.1) is 0 Å². The Labute approximate surface area is 109 Å². The molecule has 1 fully saturated rings. The van der Waals surface area contributed by atoms with E-state index in [0.29, 0.717) is 5.92 Å². The van der Waals surface area contributed by atoms with Crippen LogP contribution >= 0.6 is 15.9 Å². The van der Waals surface area contributed by atoms with E-state index >= 15 is 0 Å². The Morgan fingerprint density at radius 2 is 2.35 bits per heavy atom. The number of aliphatic hydroxyl groups is 1. The van der Waals surface area contributed by atoms with E-state index in [4.69, 9.17) is 4.42 Å². The first-order valence-electron chi connectivity index (χ1n) is 6.06. The minimum Gasteiger partial charge on any atom is -0.457 e. The lowest BCUT2D eigenvalue weighted by molar-refractivity contribution is 0.105. The Kier molecular flexibility index (Phi) is 2.56. The van der Waals surface area contributed by atoms with Crippen LogP contribution in [-0.2, 0) is 5.60 Å². The third kappa shape index (κ3) is 1.72. The molecule has 1 saturated carbocycles. The summed E-state index contributed by atoms with van der Waals surface area (Å²) in [6.07, 6.45) is 3.00. The zero-order valence-corrected chi connectivity index (χ0v) is 11.3. The number of fused-ring (bicyclic) bond motifs is 1. The normalized spacial score (nSPS) is 27.6. The van der Waals surface area contributed by atoms with Crippen LogP contribution < -0.4 is 0 Å². The van der Waals surface area contributed by atoms with Crippen molar-refractivity contribution in [1.29, 1.82) is 0 Å². The van der Waals surface area contributed by atoms with Crippen molar-refractivity contribution >= 4 is 26.9 Å². The Bertz CT molecular complexity index is 560. The van der Waals surface area contributed by atoms with Crippen LogP contribution in [0.25, 0.3) is 11.0 Å². The summed E-state index contributed by atoms with van der Waals surface area (Å²) in [5.74, 6) is 1.09. The van der Waals surface area contributed by atoms with Crippen molar-refractivity contribution in [2.24, 2.45) is 5.92 Å². The fraction of sp³-hybridized carbons (Fsp3) is 0.429. The molecule has 0 spiro atoms. The molecule has 90 valence electrons. The van der Waals surface area contributed by atoms with Crippen molar-refractivity contribution in [1.82, 2.24) is 0 Å². The van der Waals surface area contributed by atoms with Crippen molar-refractivity contribution in [3.63, 3.8) is 0 Å². The van der Waals surface area contributed by atoms with Gasteiger partial charge in [-0.2, -0.15) is 0 Å². The molecule has 17 heavy (non-hydrogen) atoms. The van der Waals surface area contributed by atoms with Gasteiger partial charge >= 0.3 is 0 Å². The maximum Gasteiger partial charge on any atom is 0.148 e. The van der Waals surface area contributed by atoms with Crippen LogP contribution in [0.2, 0.25) is 0 Å². The highest BCUT2D eigenvalue weighted by atomic mass is 79.9. The maximum atomic E-state index is 10.5. The van der Waals surface area contributed by atoms with Gasteiger partial charge in [-0.3, -0.25) is 0 Å². The topological polar surface area (TPSA) is 33.4 Å². The lowest BCUT2D eigenvalue weighted by Crippen LogP contribution is -2.06. The smallest absolute Gasteiger partial charge is 0.148 e. The number of hydrogen-bond acceptors (Lipinski definition) is 2. The Morgan fingerprint density at radius 3 is 3.06 bits per heavy atom. The van der Waals surface area contributed by atoms with E-state index in [2.05, 4.69) is 22.9 Å². The minimum atomic E-state index is -0.714. The summed E-state index contributed by atoms with van der Waals surface area (Å²) in [6, 6.07) is 7.91. The second-order valence-electron chi connectivity index (χ2n) is 4.88. The third-order valence-electron chi connectivity index (χ3n) is 3.63. The molecule has 1 heterocycles. The Balaban J connectivity index is 2.00. The van der Waals surface area contributed by atoms with Crippen molar-refractivity contribution in [3.8, 4) is 0 Å². The molecule has 1 aromatic heterocycles. The standard InChI is InChI=1S/C14H15BrO2/c1-2-4-10-8-14(10,16)12-7-9-5-3-6-11(15)13(9)17-12/h3,5-7,10,16H,2,4,8H2,1H3. The molecular weight excluding hydrogens is 280 g/mol. The van der Waals surface area contributed by atoms with E-state index in [1.54, 1.807) is 0 Å². The summed E-state index contributed by atoms with van der Waals surface area (Å²) < 4.78 is 6.75. The van der Waals surface area contributed by atoms with E-state index in [-0.39, 0.29) is 0 Å². The van der Waals surface area contributed by atoms with Gasteiger partial charge in [0.2, 0.25) is 0 Å². The zero-order chi connectivity index (χ0) is 12.0. The quantitative estimate of drug-likeness (QED) is 0.920. The van der Waals surface area contributed by atoms with Gasteiger partial charge in [-0.1, -0.05) is 25.5 Å². The van der Waals surface area contributed by atoms with E-state index < -0.39 is 5.60 Å². The summed E-state index contributed by atoms with van der Waals surface area (Å²) >= 11 is 3.47. The molecule has 2 atom stereocenters. The SMILES string of the molecule is CCCC1CC1(O)c1cc2cccc(Br)c2o1. The van der Waals surface area contributed by atoms with Gasteiger partial charge in [0.15, 0.2) is 0 Å². The van der Waals surface area contributed by atoms with Gasteiger partial charge in [-0.25, -0.2) is 0 Å². The highest BCUT2D eigenvalue weighted by Gasteiger charge is 2.55. The van der Waals surface area contributed by atoms with Gasteiger partial charge in [0.25, 0.3) is 0 Å². The molecule has 3 heteroatoms. The zero-order valence-electron chi connectivity index (χ0n) is 9.74. The van der Waals surface area contributed by atoms with E-state index in [1.165, 1.54) is 0 Å². The van der Waals surface area contributed by atoms with E-state index in [9.17, 15) is 5.11 Å². The highest BCUT2D eigenvalue weighted by molar-refractivity contribution is 9.10. The Morgan fingerprint density at radius 1 is 1.53 bits per heavy atom. The van der Waals surface area contributed by atoms with Gasteiger partial charge < -0.3 is 9.52 Å². The third-order valence-corrected chi connectivity index (χ3v) is 4.26. The van der Waals surface area contributed by atoms with Crippen molar-refractivity contribution in [2.45, 2.75) is 31.8 Å². The lowest BCUT2D eigenvalue weighted by atomic mass is 10.1. The predicted molar refractivity (Wildman–Crippen MR) is 70.8 cm³/mol. The number of furan rings is 1. The minimum absolute atomic E-state index is 0.367. The molecule has 0 aliphatic heterocycles. The van der Waals surface area contributed by atoms with Crippen molar-refractivity contribution < 1.29 is 9.52 Å². The number of halogens is 1. The molecule has 1 N–H and O–H groups in total. The van der Waals surface area contributed by atoms with Gasteiger partial charge in [0.05, 0.1) is 4.47 Å². The molecule has 1 aliphatic carbocycles. The average Bonchev–Trinajstić information content (AvgIpc) is 2.78. The van der Waals surface area contributed by atoms with Crippen LogP contribution in [0.4, 0.5) is 0 Å². The first-order chi connectivity index (χ1) is 8.15. The second-order valence-corrected chi connectivity index (χ2v) is 5.74. The molecule has 0 saturated heterocycles. The average molecular weight is 295 g/mol. The fourth-order valence-corrected chi connectivity index (χ4v) is 3.01. The van der Waals surface area contributed by atoms with Gasteiger partial charge in [0, 0.05) is 5.39 Å². The van der Waals surface area contributed by atoms with Crippen LogP contribution in [0.15, 0.2) is 33.2 Å². The van der Waals surface area contributed by atoms with E-state index in [1.807, 2.05) is 24.3 Å². The molecule has 0 amide bonds. The van der Waals surface area contributed by atoms with Crippen molar-refractivity contribution in [2.75, 3.05) is 0 Å². The number of benzene rings is 1. The first kappa shape index (κ1) is 11.3. The molecule has 3 rings (SSSR count). The lowest BCUT2D eigenvalue weighted by Gasteiger charge is -2.05. The van der Waals surface area contributed by atoms with Crippen LogP contribution in [-0.4, -0.2) is 5.11 Å². The molecule has 0 bridgehead atoms. The molecule has 0 radical (unpaired) electrons. The van der Waals surface area contributed by atoms with Gasteiger partial charge in [0.1, 0.15) is 16.9 Å².